The van der Waals surface area contributed by atoms with Crippen LogP contribution in [-0.4, -0.2) is 27.3 Å². The van der Waals surface area contributed by atoms with Crippen molar-refractivity contribution in [3.63, 3.8) is 0 Å². The van der Waals surface area contributed by atoms with E-state index in [0.29, 0.717) is 12.5 Å². The van der Waals surface area contributed by atoms with Crippen molar-refractivity contribution in [2.24, 2.45) is 0 Å². The molecule has 1 unspecified atom stereocenters. The van der Waals surface area contributed by atoms with Gasteiger partial charge in [0.15, 0.2) is 6.10 Å². The zero-order chi connectivity index (χ0) is 25.7. The van der Waals surface area contributed by atoms with Crippen molar-refractivity contribution in [3.05, 3.63) is 89.1 Å². The number of carbonyl (C=O) groups excluding carboxylic acids is 1. The number of aryl methyl sites for hydroxylation is 1. The molecule has 2 aromatic heterocycles. The van der Waals surface area contributed by atoms with E-state index in [2.05, 4.69) is 10.2 Å². The van der Waals surface area contributed by atoms with Gasteiger partial charge in [-0.15, -0.1) is 10.2 Å². The summed E-state index contributed by atoms with van der Waals surface area (Å²) in [6, 6.07) is 20.9. The first-order valence-corrected chi connectivity index (χ1v) is 11.5. The van der Waals surface area contributed by atoms with Gasteiger partial charge in [-0.1, -0.05) is 18.2 Å². The summed E-state index contributed by atoms with van der Waals surface area (Å²) >= 11 is 0. The number of rotatable bonds is 8. The van der Waals surface area contributed by atoms with Gasteiger partial charge in [0.25, 0.3) is 5.89 Å². The van der Waals surface area contributed by atoms with Crippen LogP contribution < -0.4 is 4.74 Å². The van der Waals surface area contributed by atoms with Gasteiger partial charge in [0.2, 0.25) is 5.89 Å². The summed E-state index contributed by atoms with van der Waals surface area (Å²) < 4.78 is 18.7. The number of benzene rings is 2. The second-order valence-electron chi connectivity index (χ2n) is 8.12. The second kappa shape index (κ2) is 10.7. The molecule has 0 saturated carbocycles. The van der Waals surface area contributed by atoms with E-state index in [4.69, 9.17) is 13.9 Å². The predicted octanol–water partition coefficient (Wildman–Crippen LogP) is 5.75. The maximum Gasteiger partial charge on any atom is 0.349 e. The number of carbonyl (C=O) groups is 1. The van der Waals surface area contributed by atoms with Gasteiger partial charge in [0.05, 0.1) is 6.61 Å². The van der Waals surface area contributed by atoms with Crippen molar-refractivity contribution < 1.29 is 18.7 Å². The number of esters is 1. The van der Waals surface area contributed by atoms with Gasteiger partial charge in [-0.05, 0) is 81.8 Å². The van der Waals surface area contributed by atoms with Gasteiger partial charge in [-0.3, -0.25) is 0 Å². The average molecular weight is 483 g/mol. The molecular weight excluding hydrogens is 456 g/mol. The molecule has 1 atom stereocenters. The Balaban J connectivity index is 1.52. The Morgan fingerprint density at radius 2 is 1.86 bits per heavy atom. The molecule has 36 heavy (non-hydrogen) atoms. The summed E-state index contributed by atoms with van der Waals surface area (Å²) in [4.78, 5) is 12.8. The van der Waals surface area contributed by atoms with Gasteiger partial charge >= 0.3 is 5.97 Å². The van der Waals surface area contributed by atoms with Crippen LogP contribution >= 0.6 is 0 Å². The lowest BCUT2D eigenvalue weighted by Crippen LogP contribution is -2.11. The standard InChI is InChI=1S/C28H26N4O4/c1-5-34-25-13-11-24(12-14-25)32-18(2)15-22(19(32)3)16-23(17-29)28(33)35-20(4)26-30-31-27(36-26)21-9-7-6-8-10-21/h6-16,20H,5H2,1-4H3/b23-16+. The van der Waals surface area contributed by atoms with Crippen LogP contribution in [0.2, 0.25) is 0 Å². The summed E-state index contributed by atoms with van der Waals surface area (Å²) in [5.74, 6) is 0.499. The van der Waals surface area contributed by atoms with Gasteiger partial charge in [-0.25, -0.2) is 4.79 Å². The zero-order valence-electron chi connectivity index (χ0n) is 20.6. The monoisotopic (exact) mass is 482 g/mol. The van der Waals surface area contributed by atoms with Crippen LogP contribution in [0.5, 0.6) is 5.75 Å². The molecule has 8 heteroatoms. The van der Waals surface area contributed by atoms with Gasteiger partial charge in [-0.2, -0.15) is 5.26 Å². The third-order valence-electron chi connectivity index (χ3n) is 5.61. The van der Waals surface area contributed by atoms with E-state index in [-0.39, 0.29) is 11.5 Å². The molecule has 2 heterocycles. The van der Waals surface area contributed by atoms with Crippen molar-refractivity contribution >= 4 is 12.0 Å². The summed E-state index contributed by atoms with van der Waals surface area (Å²) in [6.07, 6.45) is 0.710. The molecule has 0 radical (unpaired) electrons. The van der Waals surface area contributed by atoms with E-state index >= 15 is 0 Å². The molecular formula is C28H26N4O4. The molecule has 0 saturated heterocycles. The van der Waals surface area contributed by atoms with Crippen molar-refractivity contribution in [2.45, 2.75) is 33.8 Å². The van der Waals surface area contributed by atoms with Crippen LogP contribution in [0.3, 0.4) is 0 Å². The van der Waals surface area contributed by atoms with E-state index in [0.717, 1.165) is 34.0 Å². The maximum atomic E-state index is 12.8. The minimum Gasteiger partial charge on any atom is -0.494 e. The Kier molecular flexibility index (Phi) is 7.31. The first kappa shape index (κ1) is 24.5. The van der Waals surface area contributed by atoms with Crippen LogP contribution in [0.4, 0.5) is 0 Å². The molecule has 4 aromatic rings. The molecule has 4 rings (SSSR count). The highest BCUT2D eigenvalue weighted by molar-refractivity contribution is 5.98. The lowest BCUT2D eigenvalue weighted by Gasteiger charge is -2.11. The molecule has 0 aliphatic carbocycles. The van der Waals surface area contributed by atoms with Crippen molar-refractivity contribution in [1.82, 2.24) is 14.8 Å². The first-order chi connectivity index (χ1) is 17.4. The number of ether oxygens (including phenoxy) is 2. The fourth-order valence-electron chi connectivity index (χ4n) is 3.85. The Hall–Kier alpha value is -4.64. The zero-order valence-corrected chi connectivity index (χ0v) is 20.6. The lowest BCUT2D eigenvalue weighted by atomic mass is 10.1. The Morgan fingerprint density at radius 1 is 1.14 bits per heavy atom. The van der Waals surface area contributed by atoms with Crippen LogP contribution in [0.25, 0.3) is 23.2 Å². The Bertz CT molecular complexity index is 1430. The summed E-state index contributed by atoms with van der Waals surface area (Å²) in [7, 11) is 0. The fourth-order valence-corrected chi connectivity index (χ4v) is 3.85. The average Bonchev–Trinajstić information content (AvgIpc) is 3.48. The summed E-state index contributed by atoms with van der Waals surface area (Å²) in [6.45, 7) is 8.05. The van der Waals surface area contributed by atoms with Gasteiger partial charge < -0.3 is 18.5 Å². The molecule has 0 aliphatic heterocycles. The highest BCUT2D eigenvalue weighted by atomic mass is 16.6. The Morgan fingerprint density at radius 3 is 2.53 bits per heavy atom. The number of aromatic nitrogens is 3. The molecule has 8 nitrogen and oxygen atoms in total. The third kappa shape index (κ3) is 5.20. The van der Waals surface area contributed by atoms with E-state index in [1.807, 2.05) is 92.1 Å². The van der Waals surface area contributed by atoms with Crippen LogP contribution in [0.1, 0.15) is 42.8 Å². The van der Waals surface area contributed by atoms with Crippen LogP contribution in [0, 0.1) is 25.2 Å². The quantitative estimate of drug-likeness (QED) is 0.179. The van der Waals surface area contributed by atoms with Crippen LogP contribution in [0.15, 0.2) is 70.7 Å². The summed E-state index contributed by atoms with van der Waals surface area (Å²) in [5, 5.41) is 17.7. The fraction of sp³-hybridized carbons (Fsp3) is 0.214. The molecule has 2 aromatic carbocycles. The van der Waals surface area contributed by atoms with E-state index in [1.54, 1.807) is 6.92 Å². The molecule has 0 N–H and O–H groups in total. The molecule has 182 valence electrons. The second-order valence-corrected chi connectivity index (χ2v) is 8.12. The lowest BCUT2D eigenvalue weighted by molar-refractivity contribution is -0.144. The van der Waals surface area contributed by atoms with Gasteiger partial charge in [0.1, 0.15) is 17.4 Å². The molecule has 0 bridgehead atoms. The SMILES string of the molecule is CCOc1ccc(-n2c(C)cc(/C=C(\C#N)C(=O)OC(C)c3nnc(-c4ccccc4)o3)c2C)cc1. The predicted molar refractivity (Wildman–Crippen MR) is 134 cm³/mol. The van der Waals surface area contributed by atoms with Crippen LogP contribution in [-0.2, 0) is 9.53 Å². The number of nitrogens with zero attached hydrogens (tertiary/aromatic N) is 4. The topological polar surface area (TPSA) is 103 Å². The van der Waals surface area contributed by atoms with E-state index in [9.17, 15) is 10.1 Å². The number of nitriles is 1. The van der Waals surface area contributed by atoms with E-state index in [1.165, 1.54) is 6.08 Å². The molecule has 0 spiro atoms. The first-order valence-electron chi connectivity index (χ1n) is 11.5. The van der Waals surface area contributed by atoms with E-state index < -0.39 is 12.1 Å². The molecule has 0 amide bonds. The number of hydrogen-bond acceptors (Lipinski definition) is 7. The molecule has 0 fully saturated rings. The normalized spacial score (nSPS) is 12.1. The minimum absolute atomic E-state index is 0.128. The van der Waals surface area contributed by atoms with Crippen molar-refractivity contribution in [1.29, 1.82) is 5.26 Å². The largest absolute Gasteiger partial charge is 0.494 e. The molecule has 0 aliphatic rings. The third-order valence-corrected chi connectivity index (χ3v) is 5.61. The van der Waals surface area contributed by atoms with Crippen molar-refractivity contribution in [3.8, 4) is 29.0 Å². The maximum absolute atomic E-state index is 12.8. The highest BCUT2D eigenvalue weighted by Crippen LogP contribution is 2.26. The number of hydrogen-bond donors (Lipinski definition) is 0. The highest BCUT2D eigenvalue weighted by Gasteiger charge is 2.22. The summed E-state index contributed by atoms with van der Waals surface area (Å²) in [5.41, 5.74) is 4.17. The Labute approximate surface area is 209 Å². The van der Waals surface area contributed by atoms with Crippen molar-refractivity contribution in [2.75, 3.05) is 6.61 Å². The van der Waals surface area contributed by atoms with Gasteiger partial charge in [0, 0.05) is 22.6 Å². The smallest absolute Gasteiger partial charge is 0.349 e. The minimum atomic E-state index is -0.824.